The predicted molar refractivity (Wildman–Crippen MR) is 88.8 cm³/mol. The van der Waals surface area contributed by atoms with Crippen molar-refractivity contribution in [3.05, 3.63) is 70.3 Å². The Labute approximate surface area is 142 Å². The SMILES string of the molecule is Cc1ccc2ncn(C[C@H](O)c3ccc(OC(F)F)cc3)c(=O)c2c1. The van der Waals surface area contributed by atoms with Crippen molar-refractivity contribution in [2.45, 2.75) is 26.2 Å². The number of fused-ring (bicyclic) bond motifs is 1. The predicted octanol–water partition coefficient (Wildman–Crippen LogP) is 3.04. The highest BCUT2D eigenvalue weighted by Gasteiger charge is 2.12. The molecule has 0 saturated carbocycles. The van der Waals surface area contributed by atoms with Gasteiger partial charge in [-0.1, -0.05) is 23.8 Å². The maximum absolute atomic E-state index is 12.5. The van der Waals surface area contributed by atoms with Gasteiger partial charge in [0.15, 0.2) is 0 Å². The van der Waals surface area contributed by atoms with E-state index < -0.39 is 12.7 Å². The van der Waals surface area contributed by atoms with E-state index in [1.807, 2.05) is 13.0 Å². The summed E-state index contributed by atoms with van der Waals surface area (Å²) in [6, 6.07) is 11.0. The van der Waals surface area contributed by atoms with Crippen LogP contribution in [-0.2, 0) is 6.54 Å². The van der Waals surface area contributed by atoms with Crippen molar-refractivity contribution in [3.8, 4) is 5.75 Å². The summed E-state index contributed by atoms with van der Waals surface area (Å²) in [6.07, 6.45) is 0.402. The standard InChI is InChI=1S/C18H16F2N2O3/c1-11-2-7-15-14(8-11)17(24)22(10-21-15)9-16(23)12-3-5-13(6-4-12)25-18(19)20/h2-8,10,16,18,23H,9H2,1H3/t16-/m0/s1. The van der Waals surface area contributed by atoms with Gasteiger partial charge in [0.05, 0.1) is 29.9 Å². The molecule has 0 radical (unpaired) electrons. The van der Waals surface area contributed by atoms with Crippen molar-refractivity contribution in [2.75, 3.05) is 0 Å². The number of aromatic nitrogens is 2. The van der Waals surface area contributed by atoms with E-state index in [0.29, 0.717) is 16.5 Å². The van der Waals surface area contributed by atoms with E-state index in [1.54, 1.807) is 12.1 Å². The van der Waals surface area contributed by atoms with Crippen LogP contribution < -0.4 is 10.3 Å². The lowest BCUT2D eigenvalue weighted by molar-refractivity contribution is -0.0498. The van der Waals surface area contributed by atoms with E-state index in [9.17, 15) is 18.7 Å². The van der Waals surface area contributed by atoms with Crippen molar-refractivity contribution in [3.63, 3.8) is 0 Å². The molecule has 0 aliphatic heterocycles. The molecule has 0 bridgehead atoms. The first kappa shape index (κ1) is 17.0. The molecule has 0 spiro atoms. The van der Waals surface area contributed by atoms with Crippen molar-refractivity contribution >= 4 is 10.9 Å². The van der Waals surface area contributed by atoms with Crippen molar-refractivity contribution in [2.24, 2.45) is 0 Å². The Balaban J connectivity index is 1.83. The lowest BCUT2D eigenvalue weighted by Gasteiger charge is -2.14. The Morgan fingerprint density at radius 2 is 1.92 bits per heavy atom. The number of hydrogen-bond donors (Lipinski definition) is 1. The normalized spacial score (nSPS) is 12.5. The zero-order chi connectivity index (χ0) is 18.0. The molecule has 0 aliphatic carbocycles. The van der Waals surface area contributed by atoms with Crippen LogP contribution in [0.1, 0.15) is 17.2 Å². The monoisotopic (exact) mass is 346 g/mol. The number of aryl methyl sites for hydroxylation is 1. The van der Waals surface area contributed by atoms with E-state index in [0.717, 1.165) is 5.56 Å². The van der Waals surface area contributed by atoms with Crippen LogP contribution in [0.15, 0.2) is 53.6 Å². The van der Waals surface area contributed by atoms with Crippen molar-refractivity contribution < 1.29 is 18.6 Å². The first-order valence-electron chi connectivity index (χ1n) is 7.62. The van der Waals surface area contributed by atoms with Gasteiger partial charge in [0, 0.05) is 0 Å². The van der Waals surface area contributed by atoms with E-state index >= 15 is 0 Å². The number of hydrogen-bond acceptors (Lipinski definition) is 4. The summed E-state index contributed by atoms with van der Waals surface area (Å²) < 4.78 is 29.9. The molecule has 1 heterocycles. The van der Waals surface area contributed by atoms with Crippen LogP contribution in [0.4, 0.5) is 8.78 Å². The van der Waals surface area contributed by atoms with Crippen molar-refractivity contribution in [1.82, 2.24) is 9.55 Å². The molecule has 25 heavy (non-hydrogen) atoms. The number of alkyl halides is 2. The topological polar surface area (TPSA) is 64.3 Å². The van der Waals surface area contributed by atoms with Crippen LogP contribution in [0.25, 0.3) is 10.9 Å². The number of nitrogens with zero attached hydrogens (tertiary/aromatic N) is 2. The van der Waals surface area contributed by atoms with E-state index in [-0.39, 0.29) is 17.9 Å². The Hall–Kier alpha value is -2.80. The summed E-state index contributed by atoms with van der Waals surface area (Å²) in [6.45, 7) is -1.01. The fourth-order valence-corrected chi connectivity index (χ4v) is 2.57. The highest BCUT2D eigenvalue weighted by molar-refractivity contribution is 5.77. The summed E-state index contributed by atoms with van der Waals surface area (Å²) in [5.41, 5.74) is 1.78. The van der Waals surface area contributed by atoms with Crippen LogP contribution in [0.3, 0.4) is 0 Å². The van der Waals surface area contributed by atoms with Crippen LogP contribution in [0.5, 0.6) is 5.75 Å². The summed E-state index contributed by atoms with van der Waals surface area (Å²) in [4.78, 5) is 16.8. The summed E-state index contributed by atoms with van der Waals surface area (Å²) in [7, 11) is 0. The van der Waals surface area contributed by atoms with E-state index in [2.05, 4.69) is 9.72 Å². The number of aliphatic hydroxyl groups is 1. The fourth-order valence-electron chi connectivity index (χ4n) is 2.57. The smallest absolute Gasteiger partial charge is 0.387 e. The van der Waals surface area contributed by atoms with Gasteiger partial charge in [-0.05, 0) is 36.8 Å². The van der Waals surface area contributed by atoms with Gasteiger partial charge in [-0.2, -0.15) is 8.78 Å². The molecule has 1 aromatic heterocycles. The zero-order valence-electron chi connectivity index (χ0n) is 13.4. The molecule has 1 atom stereocenters. The minimum absolute atomic E-state index is 0.00473. The van der Waals surface area contributed by atoms with Crippen LogP contribution in [-0.4, -0.2) is 21.3 Å². The lowest BCUT2D eigenvalue weighted by atomic mass is 10.1. The van der Waals surface area contributed by atoms with Gasteiger partial charge in [-0.15, -0.1) is 0 Å². The highest BCUT2D eigenvalue weighted by Crippen LogP contribution is 2.20. The maximum atomic E-state index is 12.5. The molecule has 0 aliphatic rings. The third-order valence-electron chi connectivity index (χ3n) is 3.84. The Bertz CT molecular complexity index is 939. The number of halogens is 2. The second-order valence-corrected chi connectivity index (χ2v) is 5.69. The first-order chi connectivity index (χ1) is 11.9. The van der Waals surface area contributed by atoms with Gasteiger partial charge in [0.1, 0.15) is 5.75 Å². The molecule has 7 heteroatoms. The minimum atomic E-state index is -2.90. The maximum Gasteiger partial charge on any atom is 0.387 e. The number of ether oxygens (including phenoxy) is 1. The second-order valence-electron chi connectivity index (χ2n) is 5.69. The van der Waals surface area contributed by atoms with Gasteiger partial charge >= 0.3 is 6.61 Å². The fraction of sp³-hybridized carbons (Fsp3) is 0.222. The quantitative estimate of drug-likeness (QED) is 0.771. The van der Waals surface area contributed by atoms with E-state index in [1.165, 1.54) is 35.2 Å². The molecule has 0 amide bonds. The molecule has 5 nitrogen and oxygen atoms in total. The second kappa shape index (κ2) is 6.98. The average Bonchev–Trinajstić information content (AvgIpc) is 2.58. The molecule has 0 saturated heterocycles. The molecular formula is C18H16F2N2O3. The highest BCUT2D eigenvalue weighted by atomic mass is 19.3. The lowest BCUT2D eigenvalue weighted by Crippen LogP contribution is -2.23. The Kier molecular flexibility index (Phi) is 4.76. The molecule has 130 valence electrons. The van der Waals surface area contributed by atoms with Gasteiger partial charge in [-0.25, -0.2) is 4.98 Å². The molecule has 0 fully saturated rings. The molecule has 3 rings (SSSR count). The summed E-state index contributed by atoms with van der Waals surface area (Å²) >= 11 is 0. The first-order valence-corrected chi connectivity index (χ1v) is 7.62. The molecular weight excluding hydrogens is 330 g/mol. The van der Waals surface area contributed by atoms with Gasteiger partial charge in [-0.3, -0.25) is 9.36 Å². The third-order valence-corrected chi connectivity index (χ3v) is 3.84. The Morgan fingerprint density at radius 1 is 1.20 bits per heavy atom. The average molecular weight is 346 g/mol. The molecule has 3 aromatic rings. The molecule has 1 N–H and O–H groups in total. The number of rotatable bonds is 5. The Morgan fingerprint density at radius 3 is 2.60 bits per heavy atom. The van der Waals surface area contributed by atoms with Gasteiger partial charge < -0.3 is 9.84 Å². The summed E-state index contributed by atoms with van der Waals surface area (Å²) in [5, 5.41) is 10.8. The number of benzene rings is 2. The van der Waals surface area contributed by atoms with Crippen LogP contribution in [0, 0.1) is 6.92 Å². The summed E-state index contributed by atoms with van der Waals surface area (Å²) in [5.74, 6) is 0.00552. The minimum Gasteiger partial charge on any atom is -0.435 e. The molecule has 0 unspecified atom stereocenters. The van der Waals surface area contributed by atoms with E-state index in [4.69, 9.17) is 0 Å². The zero-order valence-corrected chi connectivity index (χ0v) is 13.4. The van der Waals surface area contributed by atoms with Crippen molar-refractivity contribution in [1.29, 1.82) is 0 Å². The van der Waals surface area contributed by atoms with Gasteiger partial charge in [0.25, 0.3) is 5.56 Å². The molecule has 2 aromatic carbocycles. The number of aliphatic hydroxyl groups excluding tert-OH is 1. The third kappa shape index (κ3) is 3.83. The van der Waals surface area contributed by atoms with Crippen LogP contribution in [0.2, 0.25) is 0 Å². The van der Waals surface area contributed by atoms with Crippen LogP contribution >= 0.6 is 0 Å². The van der Waals surface area contributed by atoms with Gasteiger partial charge in [0.2, 0.25) is 0 Å². The largest absolute Gasteiger partial charge is 0.435 e.